The Balaban J connectivity index is 1.51. The molecule has 0 bridgehead atoms. The highest BCUT2D eigenvalue weighted by atomic mass is 32.2. The van der Waals surface area contributed by atoms with Crippen LogP contribution in [0.2, 0.25) is 0 Å². The first-order chi connectivity index (χ1) is 19.6. The second-order valence-electron chi connectivity index (χ2n) is 9.93. The van der Waals surface area contributed by atoms with Crippen molar-refractivity contribution in [1.82, 2.24) is 25.1 Å². The average Bonchev–Trinajstić information content (AvgIpc) is 2.97. The number of nitrogens with one attached hydrogen (secondary N) is 1. The van der Waals surface area contributed by atoms with Gasteiger partial charge in [0.25, 0.3) is 16.0 Å². The molecule has 0 saturated carbocycles. The van der Waals surface area contributed by atoms with Gasteiger partial charge < -0.3 is 29.5 Å². The number of aromatic nitrogens is 2. The molecule has 0 radical (unpaired) electrons. The van der Waals surface area contributed by atoms with Gasteiger partial charge in [0.1, 0.15) is 17.2 Å². The van der Waals surface area contributed by atoms with Gasteiger partial charge in [0, 0.05) is 68.8 Å². The molecule has 0 unspecified atom stereocenters. The van der Waals surface area contributed by atoms with Crippen LogP contribution >= 0.6 is 0 Å². The zero-order valence-corrected chi connectivity index (χ0v) is 24.8. The van der Waals surface area contributed by atoms with Crippen LogP contribution in [-0.4, -0.2) is 114 Å². The zero-order valence-electron chi connectivity index (χ0n) is 24.0. The first-order valence-corrected chi connectivity index (χ1v) is 15.3. The van der Waals surface area contributed by atoms with Crippen LogP contribution < -0.4 is 19.7 Å². The molecule has 1 aromatic heterocycles. The van der Waals surface area contributed by atoms with Crippen LogP contribution in [0.15, 0.2) is 42.6 Å². The van der Waals surface area contributed by atoms with E-state index in [0.29, 0.717) is 40.5 Å². The van der Waals surface area contributed by atoms with Crippen LogP contribution in [0.4, 0.5) is 11.4 Å². The Bertz CT molecular complexity index is 1420. The Kier molecular flexibility index (Phi) is 10.3. The van der Waals surface area contributed by atoms with Crippen LogP contribution in [-0.2, 0) is 14.3 Å². The van der Waals surface area contributed by atoms with Gasteiger partial charge in [0.05, 0.1) is 44.3 Å². The van der Waals surface area contributed by atoms with Crippen molar-refractivity contribution < 1.29 is 26.9 Å². The third-order valence-electron chi connectivity index (χ3n) is 6.86. The lowest BCUT2D eigenvalue weighted by atomic mass is 10.2. The lowest BCUT2D eigenvalue weighted by molar-refractivity contribution is 0.0944. The van der Waals surface area contributed by atoms with E-state index in [-0.39, 0.29) is 24.8 Å². The van der Waals surface area contributed by atoms with Gasteiger partial charge in [0.2, 0.25) is 0 Å². The van der Waals surface area contributed by atoms with Crippen molar-refractivity contribution in [2.75, 3.05) is 84.8 Å². The van der Waals surface area contributed by atoms with E-state index in [0.717, 1.165) is 45.4 Å². The van der Waals surface area contributed by atoms with Crippen molar-refractivity contribution >= 4 is 38.4 Å². The predicted molar refractivity (Wildman–Crippen MR) is 158 cm³/mol. The Morgan fingerprint density at radius 2 is 1.71 bits per heavy atom. The summed E-state index contributed by atoms with van der Waals surface area (Å²) >= 11 is 0. The van der Waals surface area contributed by atoms with Gasteiger partial charge >= 0.3 is 0 Å². The largest absolute Gasteiger partial charge is 0.497 e. The van der Waals surface area contributed by atoms with E-state index in [1.54, 1.807) is 32.4 Å². The SMILES string of the molecule is COc1cc(OC)cc(N(CCOS(C)(=O)=O)c2ccc3ncc(C(=O)NCCCN4CCN(C)CC4)nc3c2)c1. The molecule has 1 saturated heterocycles. The van der Waals surface area contributed by atoms with E-state index in [1.807, 2.05) is 23.1 Å². The molecule has 1 aliphatic rings. The maximum atomic E-state index is 12.9. The number of hydrogen-bond acceptors (Lipinski definition) is 11. The number of ether oxygens (including phenoxy) is 2. The predicted octanol–water partition coefficient (Wildman–Crippen LogP) is 2.13. The van der Waals surface area contributed by atoms with Gasteiger partial charge in [-0.05, 0) is 38.2 Å². The number of rotatable bonds is 13. The van der Waals surface area contributed by atoms with Gasteiger partial charge in [-0.15, -0.1) is 0 Å². The second-order valence-corrected chi connectivity index (χ2v) is 11.6. The summed E-state index contributed by atoms with van der Waals surface area (Å²) in [5, 5.41) is 2.95. The summed E-state index contributed by atoms with van der Waals surface area (Å²) in [4.78, 5) is 28.5. The first kappa shape index (κ1) is 30.4. The molecule has 222 valence electrons. The van der Waals surface area contributed by atoms with Gasteiger partial charge in [-0.3, -0.25) is 14.0 Å². The number of benzene rings is 2. The second kappa shape index (κ2) is 13.9. The normalized spacial score (nSPS) is 14.6. The zero-order chi connectivity index (χ0) is 29.4. The van der Waals surface area contributed by atoms with Crippen LogP contribution in [0.5, 0.6) is 11.5 Å². The molecule has 1 N–H and O–H groups in total. The first-order valence-electron chi connectivity index (χ1n) is 13.5. The number of hydrogen-bond donors (Lipinski definition) is 1. The number of anilines is 2. The molecule has 4 rings (SSSR count). The van der Waals surface area contributed by atoms with Crippen molar-refractivity contribution in [3.63, 3.8) is 0 Å². The Morgan fingerprint density at radius 1 is 1.00 bits per heavy atom. The molecule has 0 aliphatic carbocycles. The van der Waals surface area contributed by atoms with Crippen molar-refractivity contribution in [2.45, 2.75) is 6.42 Å². The van der Waals surface area contributed by atoms with E-state index >= 15 is 0 Å². The van der Waals surface area contributed by atoms with Crippen molar-refractivity contribution in [2.24, 2.45) is 0 Å². The minimum Gasteiger partial charge on any atom is -0.497 e. The molecule has 41 heavy (non-hydrogen) atoms. The number of piperazine rings is 1. The third-order valence-corrected chi connectivity index (χ3v) is 7.46. The van der Waals surface area contributed by atoms with Crippen molar-refractivity contribution in [1.29, 1.82) is 0 Å². The Hall–Kier alpha value is -3.52. The molecule has 1 amide bonds. The number of nitrogens with zero attached hydrogens (tertiary/aromatic N) is 5. The van der Waals surface area contributed by atoms with Gasteiger partial charge in [-0.2, -0.15) is 8.42 Å². The third kappa shape index (κ3) is 8.73. The monoisotopic (exact) mass is 586 g/mol. The fourth-order valence-corrected chi connectivity index (χ4v) is 4.96. The summed E-state index contributed by atoms with van der Waals surface area (Å²) in [6, 6.07) is 10.8. The fourth-order valence-electron chi connectivity index (χ4n) is 4.58. The van der Waals surface area contributed by atoms with E-state index in [1.165, 1.54) is 6.20 Å². The number of carbonyl (C=O) groups is 1. The minimum absolute atomic E-state index is 0.0847. The smallest absolute Gasteiger partial charge is 0.271 e. The van der Waals surface area contributed by atoms with Gasteiger partial charge in [-0.1, -0.05) is 0 Å². The molecule has 1 fully saturated rings. The molecule has 12 nitrogen and oxygen atoms in total. The molecule has 2 heterocycles. The van der Waals surface area contributed by atoms with Crippen LogP contribution in [0.3, 0.4) is 0 Å². The quantitative estimate of drug-likeness (QED) is 0.234. The summed E-state index contributed by atoms with van der Waals surface area (Å²) in [5.41, 5.74) is 2.76. The number of amides is 1. The Labute approximate surface area is 241 Å². The fraction of sp³-hybridized carbons (Fsp3) is 0.464. The van der Waals surface area contributed by atoms with Crippen LogP contribution in [0, 0.1) is 0 Å². The lowest BCUT2D eigenvalue weighted by Gasteiger charge is -2.32. The van der Waals surface area contributed by atoms with E-state index in [4.69, 9.17) is 13.7 Å². The molecule has 1 aliphatic heterocycles. The topological polar surface area (TPSA) is 126 Å². The lowest BCUT2D eigenvalue weighted by Crippen LogP contribution is -2.45. The van der Waals surface area contributed by atoms with Crippen LogP contribution in [0.1, 0.15) is 16.9 Å². The molecule has 2 aromatic carbocycles. The number of methoxy groups -OCH3 is 2. The van der Waals surface area contributed by atoms with E-state index in [9.17, 15) is 13.2 Å². The van der Waals surface area contributed by atoms with E-state index < -0.39 is 10.1 Å². The maximum Gasteiger partial charge on any atom is 0.271 e. The standard InChI is InChI=1S/C28H38N6O6S/c1-32-10-12-33(13-11-32)9-5-8-29-28(35)27-20-30-25-7-6-21(18-26(25)31-27)34(14-15-40-41(4,36)37)22-16-23(38-2)19-24(17-22)39-3/h6-7,16-20H,5,8-15H2,1-4H3,(H,29,35). The summed E-state index contributed by atoms with van der Waals surface area (Å²) in [5.74, 6) is 0.861. The Morgan fingerprint density at radius 3 is 2.37 bits per heavy atom. The highest BCUT2D eigenvalue weighted by Gasteiger charge is 2.17. The number of fused-ring (bicyclic) bond motifs is 1. The molecule has 3 aromatic rings. The summed E-state index contributed by atoms with van der Waals surface area (Å²) < 4.78 is 39.1. The van der Waals surface area contributed by atoms with Gasteiger partial charge in [-0.25, -0.2) is 4.98 Å². The highest BCUT2D eigenvalue weighted by Crippen LogP contribution is 2.33. The number of carbonyl (C=O) groups excluding carboxylic acids is 1. The molecule has 0 atom stereocenters. The van der Waals surface area contributed by atoms with Crippen molar-refractivity contribution in [3.8, 4) is 11.5 Å². The summed E-state index contributed by atoms with van der Waals surface area (Å²) in [6.07, 6.45) is 3.34. The van der Waals surface area contributed by atoms with Crippen LogP contribution in [0.25, 0.3) is 11.0 Å². The van der Waals surface area contributed by atoms with E-state index in [2.05, 4.69) is 32.1 Å². The minimum atomic E-state index is -3.63. The van der Waals surface area contributed by atoms with Crippen molar-refractivity contribution in [3.05, 3.63) is 48.3 Å². The molecular weight excluding hydrogens is 548 g/mol. The summed E-state index contributed by atoms with van der Waals surface area (Å²) in [7, 11) is 1.62. The molecule has 0 spiro atoms. The number of likely N-dealkylation sites (N-methyl/N-ethyl adjacent to an activating group) is 1. The summed E-state index contributed by atoms with van der Waals surface area (Å²) in [6.45, 7) is 5.83. The molecular formula is C28H38N6O6S. The van der Waals surface area contributed by atoms with Gasteiger partial charge in [0.15, 0.2) is 0 Å². The average molecular weight is 587 g/mol. The molecule has 13 heteroatoms. The highest BCUT2D eigenvalue weighted by molar-refractivity contribution is 7.85. The maximum absolute atomic E-state index is 12.9.